The number of carbonyl (C=O) groups is 3. The number of carbonyl (C=O) groups excluding carboxylic acids is 3. The predicted octanol–water partition coefficient (Wildman–Crippen LogP) is 5.03. The molecule has 1 saturated heterocycles. The number of rotatable bonds is 7. The lowest BCUT2D eigenvalue weighted by Crippen LogP contribution is -2.47. The van der Waals surface area contributed by atoms with Crippen LogP contribution in [0.3, 0.4) is 0 Å². The van der Waals surface area contributed by atoms with E-state index in [1.807, 2.05) is 18.2 Å². The molecule has 2 aromatic rings. The molecular formula is C31H39ClN2O7. The number of benzene rings is 2. The van der Waals surface area contributed by atoms with Gasteiger partial charge in [-0.05, 0) is 42.5 Å². The molecule has 0 saturated carbocycles. The highest BCUT2D eigenvalue weighted by molar-refractivity contribution is 6.30. The molecule has 2 aliphatic rings. The third-order valence-electron chi connectivity index (χ3n) is 7.50. The summed E-state index contributed by atoms with van der Waals surface area (Å²) in [5.41, 5.74) is 1.76. The smallest absolute Gasteiger partial charge is 0.308 e. The Balaban J connectivity index is 1.74. The van der Waals surface area contributed by atoms with Gasteiger partial charge < -0.3 is 28.7 Å². The van der Waals surface area contributed by atoms with E-state index in [0.29, 0.717) is 65.8 Å². The van der Waals surface area contributed by atoms with Crippen molar-refractivity contribution in [3.05, 3.63) is 52.5 Å². The third-order valence-corrected chi connectivity index (χ3v) is 7.73. The largest absolute Gasteiger partial charge is 0.493 e. The second-order valence-corrected chi connectivity index (χ2v) is 12.1. The van der Waals surface area contributed by atoms with Crippen LogP contribution < -0.4 is 14.4 Å². The molecule has 9 nitrogen and oxygen atoms in total. The van der Waals surface area contributed by atoms with E-state index in [1.165, 1.54) is 7.11 Å². The van der Waals surface area contributed by atoms with E-state index < -0.39 is 12.2 Å². The molecule has 41 heavy (non-hydrogen) atoms. The molecule has 0 bridgehead atoms. The summed E-state index contributed by atoms with van der Waals surface area (Å²) in [5.74, 6) is -0.0127. The van der Waals surface area contributed by atoms with Gasteiger partial charge in [-0.2, -0.15) is 0 Å². The summed E-state index contributed by atoms with van der Waals surface area (Å²) in [4.78, 5) is 43.1. The lowest BCUT2D eigenvalue weighted by Gasteiger charge is -2.33. The van der Waals surface area contributed by atoms with Crippen LogP contribution in [0.5, 0.6) is 11.5 Å². The molecular weight excluding hydrogens is 548 g/mol. The van der Waals surface area contributed by atoms with Crippen LogP contribution in [0.2, 0.25) is 5.02 Å². The quantitative estimate of drug-likeness (QED) is 0.420. The third kappa shape index (κ3) is 6.79. The van der Waals surface area contributed by atoms with Gasteiger partial charge in [0.15, 0.2) is 11.5 Å². The maximum atomic E-state index is 14.2. The van der Waals surface area contributed by atoms with Gasteiger partial charge in [-0.1, -0.05) is 44.5 Å². The fourth-order valence-corrected chi connectivity index (χ4v) is 5.70. The van der Waals surface area contributed by atoms with Gasteiger partial charge in [0.05, 0.1) is 33.7 Å². The van der Waals surface area contributed by atoms with Gasteiger partial charge in [-0.15, -0.1) is 0 Å². The van der Waals surface area contributed by atoms with Crippen molar-refractivity contribution < 1.29 is 33.3 Å². The molecule has 0 spiro atoms. The van der Waals surface area contributed by atoms with E-state index in [2.05, 4.69) is 20.8 Å². The van der Waals surface area contributed by atoms with E-state index in [9.17, 15) is 14.4 Å². The zero-order valence-electron chi connectivity index (χ0n) is 24.6. The number of methoxy groups -OCH3 is 3. The first-order valence-corrected chi connectivity index (χ1v) is 14.2. The SMILES string of the molecule is COC(=O)C1CCN(C(=O)C[C@H]2O[C@H](c3cccc(OC)c3OC)c3cc(Cl)ccc3N(CC(C)(C)C)C2=O)CC1. The van der Waals surface area contributed by atoms with Crippen molar-refractivity contribution in [1.29, 1.82) is 0 Å². The average molecular weight is 587 g/mol. The zero-order chi connectivity index (χ0) is 29.9. The first-order chi connectivity index (χ1) is 19.5. The number of para-hydroxylation sites is 1. The number of amides is 2. The molecule has 1 fully saturated rings. The van der Waals surface area contributed by atoms with Gasteiger partial charge in [0.2, 0.25) is 5.91 Å². The van der Waals surface area contributed by atoms with E-state index in [1.54, 1.807) is 42.2 Å². The van der Waals surface area contributed by atoms with E-state index in [0.717, 1.165) is 0 Å². The predicted molar refractivity (Wildman–Crippen MR) is 155 cm³/mol. The summed E-state index contributed by atoms with van der Waals surface area (Å²) in [5, 5.41) is 0.491. The highest BCUT2D eigenvalue weighted by Crippen LogP contribution is 2.45. The number of likely N-dealkylation sites (tertiary alicyclic amines) is 1. The van der Waals surface area contributed by atoms with Gasteiger partial charge >= 0.3 is 5.97 Å². The van der Waals surface area contributed by atoms with Crippen LogP contribution in [0.4, 0.5) is 5.69 Å². The van der Waals surface area contributed by atoms with Crippen molar-refractivity contribution in [3.8, 4) is 11.5 Å². The van der Waals surface area contributed by atoms with Crippen LogP contribution in [-0.4, -0.2) is 69.8 Å². The van der Waals surface area contributed by atoms with Crippen LogP contribution in [0.15, 0.2) is 36.4 Å². The molecule has 0 N–H and O–H groups in total. The Morgan fingerprint density at radius 1 is 1.02 bits per heavy atom. The van der Waals surface area contributed by atoms with Crippen molar-refractivity contribution in [3.63, 3.8) is 0 Å². The summed E-state index contributed by atoms with van der Waals surface area (Å²) in [6, 6.07) is 10.8. The second-order valence-electron chi connectivity index (χ2n) is 11.7. The maximum Gasteiger partial charge on any atom is 0.308 e. The van der Waals surface area contributed by atoms with Crippen molar-refractivity contribution in [2.45, 2.75) is 52.2 Å². The molecule has 2 aliphatic heterocycles. The second kappa shape index (κ2) is 12.7. The Kier molecular flexibility index (Phi) is 9.49. The van der Waals surface area contributed by atoms with E-state index in [4.69, 9.17) is 30.5 Å². The van der Waals surface area contributed by atoms with Gasteiger partial charge in [0.1, 0.15) is 12.2 Å². The normalized spacial score (nSPS) is 19.8. The fourth-order valence-electron chi connectivity index (χ4n) is 5.52. The number of halogens is 1. The van der Waals surface area contributed by atoms with Crippen LogP contribution in [0, 0.1) is 11.3 Å². The summed E-state index contributed by atoms with van der Waals surface area (Å²) < 4.78 is 22.8. The minimum absolute atomic E-state index is 0.146. The van der Waals surface area contributed by atoms with Crippen LogP contribution in [0.25, 0.3) is 0 Å². The van der Waals surface area contributed by atoms with E-state index in [-0.39, 0.29) is 35.5 Å². The maximum absolute atomic E-state index is 14.2. The molecule has 0 aliphatic carbocycles. The molecule has 0 radical (unpaired) electrons. The lowest BCUT2D eigenvalue weighted by molar-refractivity contribution is -0.150. The molecule has 2 atom stereocenters. The fraction of sp³-hybridized carbons (Fsp3) is 0.516. The lowest BCUT2D eigenvalue weighted by atomic mass is 9.94. The van der Waals surface area contributed by atoms with Crippen molar-refractivity contribution in [2.24, 2.45) is 11.3 Å². The van der Waals surface area contributed by atoms with Crippen LogP contribution in [0.1, 0.15) is 57.3 Å². The molecule has 10 heteroatoms. The molecule has 2 aromatic carbocycles. The number of fused-ring (bicyclic) bond motifs is 1. The summed E-state index contributed by atoms with van der Waals surface area (Å²) >= 11 is 6.49. The number of nitrogens with zero attached hydrogens (tertiary/aromatic N) is 2. The average Bonchev–Trinajstić information content (AvgIpc) is 3.05. The Morgan fingerprint density at radius 2 is 1.73 bits per heavy atom. The monoisotopic (exact) mass is 586 g/mol. The van der Waals surface area contributed by atoms with Crippen molar-refractivity contribution >= 4 is 35.1 Å². The molecule has 0 aromatic heterocycles. The minimum Gasteiger partial charge on any atom is -0.493 e. The zero-order valence-corrected chi connectivity index (χ0v) is 25.3. The van der Waals surface area contributed by atoms with E-state index >= 15 is 0 Å². The molecule has 222 valence electrons. The number of anilines is 1. The summed E-state index contributed by atoms with van der Waals surface area (Å²) in [7, 11) is 4.48. The molecule has 4 rings (SSSR count). The highest BCUT2D eigenvalue weighted by Gasteiger charge is 2.41. The standard InChI is InChI=1S/C31H39ClN2O7/c1-31(2,3)18-34-23-11-10-20(32)16-22(23)27(21-8-7-9-24(38-4)28(21)39-5)41-25(29(34)36)17-26(35)33-14-12-19(13-15-33)30(37)40-6/h7-11,16,19,25,27H,12-15,17-18H2,1-6H3/t25-,27-/m1/s1. The number of ether oxygens (including phenoxy) is 4. The van der Waals surface area contributed by atoms with Crippen LogP contribution in [-0.2, 0) is 23.9 Å². The van der Waals surface area contributed by atoms with Gasteiger partial charge in [-0.25, -0.2) is 0 Å². The number of hydrogen-bond acceptors (Lipinski definition) is 7. The highest BCUT2D eigenvalue weighted by atomic mass is 35.5. The number of piperidine rings is 1. The Labute approximate surface area is 246 Å². The first-order valence-electron chi connectivity index (χ1n) is 13.8. The Hall–Kier alpha value is -3.30. The molecule has 2 heterocycles. The number of esters is 1. The topological polar surface area (TPSA) is 94.6 Å². The van der Waals surface area contributed by atoms with Crippen molar-refractivity contribution in [1.82, 2.24) is 4.90 Å². The molecule has 0 unspecified atom stereocenters. The Bertz CT molecular complexity index is 1280. The van der Waals surface area contributed by atoms with Gasteiger partial charge in [0, 0.05) is 41.5 Å². The van der Waals surface area contributed by atoms with Crippen molar-refractivity contribution in [2.75, 3.05) is 45.9 Å². The molecule has 2 amide bonds. The van der Waals surface area contributed by atoms with Gasteiger partial charge in [0.25, 0.3) is 5.91 Å². The minimum atomic E-state index is -1.07. The van der Waals surface area contributed by atoms with Crippen LogP contribution >= 0.6 is 11.6 Å². The Morgan fingerprint density at radius 3 is 2.34 bits per heavy atom. The summed E-state index contributed by atoms with van der Waals surface area (Å²) in [6.45, 7) is 7.38. The van der Waals surface area contributed by atoms with Gasteiger partial charge in [-0.3, -0.25) is 14.4 Å². The summed E-state index contributed by atoms with van der Waals surface area (Å²) in [6.07, 6.45) is -0.961. The number of hydrogen-bond donors (Lipinski definition) is 0. The first kappa shape index (κ1) is 30.7.